The molecule has 1 aliphatic heterocycles. The van der Waals surface area contributed by atoms with Gasteiger partial charge in [0, 0.05) is 62.1 Å². The van der Waals surface area contributed by atoms with Gasteiger partial charge in [-0.25, -0.2) is 0 Å². The van der Waals surface area contributed by atoms with E-state index in [-0.39, 0.29) is 6.10 Å². The molecule has 1 aliphatic rings. The van der Waals surface area contributed by atoms with Crippen LogP contribution in [-0.2, 0) is 21.3 Å². The van der Waals surface area contributed by atoms with E-state index < -0.39 is 10.8 Å². The molecule has 2 atom stereocenters. The molecule has 1 saturated heterocycles. The number of guanidine groups is 1. The fourth-order valence-corrected chi connectivity index (χ4v) is 4.17. The molecule has 2 unspecified atom stereocenters. The van der Waals surface area contributed by atoms with Crippen LogP contribution in [0.4, 0.5) is 0 Å². The Balaban J connectivity index is 1.64. The number of rotatable bonds is 9. The molecule has 1 heterocycles. The van der Waals surface area contributed by atoms with Crippen LogP contribution in [0.1, 0.15) is 19.4 Å². The average molecular weight is 395 g/mol. The Hall–Kier alpha value is -1.44. The highest BCUT2D eigenvalue weighted by molar-refractivity contribution is 7.84. The van der Waals surface area contributed by atoms with E-state index in [1.54, 1.807) is 7.05 Å². The zero-order valence-corrected chi connectivity index (χ0v) is 17.6. The van der Waals surface area contributed by atoms with Crippen molar-refractivity contribution in [1.29, 1.82) is 0 Å². The first-order valence-electron chi connectivity index (χ1n) is 9.74. The van der Waals surface area contributed by atoms with Crippen LogP contribution < -0.4 is 10.6 Å². The van der Waals surface area contributed by atoms with Crippen molar-refractivity contribution < 1.29 is 8.95 Å². The third-order valence-corrected chi connectivity index (χ3v) is 5.67. The van der Waals surface area contributed by atoms with Gasteiger partial charge in [-0.15, -0.1) is 0 Å². The van der Waals surface area contributed by atoms with Crippen molar-refractivity contribution in [1.82, 2.24) is 15.5 Å². The van der Waals surface area contributed by atoms with Gasteiger partial charge in [-0.05, 0) is 11.5 Å². The van der Waals surface area contributed by atoms with Crippen LogP contribution >= 0.6 is 0 Å². The Morgan fingerprint density at radius 1 is 1.33 bits per heavy atom. The molecular weight excluding hydrogens is 360 g/mol. The Labute approximate surface area is 166 Å². The summed E-state index contributed by atoms with van der Waals surface area (Å²) in [5, 5.41) is 6.57. The average Bonchev–Trinajstić information content (AvgIpc) is 2.65. The molecule has 152 valence electrons. The highest BCUT2D eigenvalue weighted by atomic mass is 32.2. The lowest BCUT2D eigenvalue weighted by atomic mass is 10.2. The summed E-state index contributed by atoms with van der Waals surface area (Å²) in [5.74, 6) is 2.59. The summed E-state index contributed by atoms with van der Waals surface area (Å²) < 4.78 is 18.1. The summed E-state index contributed by atoms with van der Waals surface area (Å²) in [6, 6.07) is 9.96. The largest absolute Gasteiger partial charge is 0.374 e. The van der Waals surface area contributed by atoms with Gasteiger partial charge >= 0.3 is 0 Å². The van der Waals surface area contributed by atoms with Crippen molar-refractivity contribution in [3.8, 4) is 0 Å². The van der Waals surface area contributed by atoms with E-state index >= 15 is 0 Å². The summed E-state index contributed by atoms with van der Waals surface area (Å²) in [4.78, 5) is 6.71. The number of nitrogens with one attached hydrogen (secondary N) is 2. The molecule has 1 aromatic rings. The van der Waals surface area contributed by atoms with Crippen molar-refractivity contribution >= 4 is 16.8 Å². The molecule has 6 nitrogen and oxygen atoms in total. The molecule has 1 aromatic carbocycles. The third kappa shape index (κ3) is 8.86. The predicted octanol–water partition coefficient (Wildman–Crippen LogP) is 1.46. The maximum Gasteiger partial charge on any atom is 0.191 e. The molecule has 0 aliphatic carbocycles. The topological polar surface area (TPSA) is 66.0 Å². The Morgan fingerprint density at radius 3 is 2.81 bits per heavy atom. The second-order valence-electron chi connectivity index (χ2n) is 7.30. The van der Waals surface area contributed by atoms with Gasteiger partial charge in [0.2, 0.25) is 0 Å². The number of aliphatic imine (C=N–C) groups is 1. The molecule has 2 rings (SSSR count). The van der Waals surface area contributed by atoms with Crippen LogP contribution in [0.2, 0.25) is 0 Å². The quantitative estimate of drug-likeness (QED) is 0.490. The fourth-order valence-electron chi connectivity index (χ4n) is 3.13. The first kappa shape index (κ1) is 21.9. The van der Waals surface area contributed by atoms with Crippen molar-refractivity contribution in [2.75, 3.05) is 52.1 Å². The maximum absolute atomic E-state index is 12.2. The summed E-state index contributed by atoms with van der Waals surface area (Å²) >= 11 is 0. The molecular formula is C20H34N4O2S. The fraction of sp³-hybridized carbons (Fsp3) is 0.650. The van der Waals surface area contributed by atoms with Crippen LogP contribution in [0.15, 0.2) is 35.3 Å². The number of nitrogens with zero attached hydrogens (tertiary/aromatic N) is 2. The third-order valence-electron chi connectivity index (χ3n) is 4.36. The molecule has 0 spiro atoms. The molecule has 0 bridgehead atoms. The van der Waals surface area contributed by atoms with Crippen LogP contribution in [0, 0.1) is 5.92 Å². The van der Waals surface area contributed by atoms with Gasteiger partial charge in [-0.2, -0.15) is 0 Å². The molecule has 0 radical (unpaired) electrons. The number of hydrogen-bond acceptors (Lipinski definition) is 4. The van der Waals surface area contributed by atoms with Gasteiger partial charge in [0.05, 0.1) is 12.7 Å². The second kappa shape index (κ2) is 12.1. The predicted molar refractivity (Wildman–Crippen MR) is 114 cm³/mol. The van der Waals surface area contributed by atoms with Crippen molar-refractivity contribution in [2.24, 2.45) is 10.9 Å². The van der Waals surface area contributed by atoms with E-state index in [0.29, 0.717) is 24.0 Å². The standard InChI is InChI=1S/C20H34N4O2S/c1-17(2)14-24-10-11-26-19(15-24)13-23-20(21-3)22-9-12-27(25)16-18-7-5-4-6-8-18/h4-8,17,19H,9-16H2,1-3H3,(H2,21,22,23). The molecule has 7 heteroatoms. The minimum atomic E-state index is -0.885. The van der Waals surface area contributed by atoms with E-state index in [9.17, 15) is 4.21 Å². The van der Waals surface area contributed by atoms with Crippen LogP contribution in [0.25, 0.3) is 0 Å². The lowest BCUT2D eigenvalue weighted by Crippen LogP contribution is -2.50. The van der Waals surface area contributed by atoms with E-state index in [4.69, 9.17) is 4.74 Å². The molecule has 0 saturated carbocycles. The van der Waals surface area contributed by atoms with Crippen LogP contribution in [0.3, 0.4) is 0 Å². The lowest BCUT2D eigenvalue weighted by Gasteiger charge is -2.34. The highest BCUT2D eigenvalue weighted by Crippen LogP contribution is 2.07. The van der Waals surface area contributed by atoms with Gasteiger partial charge in [0.25, 0.3) is 0 Å². The zero-order chi connectivity index (χ0) is 19.5. The van der Waals surface area contributed by atoms with Crippen molar-refractivity contribution in [3.05, 3.63) is 35.9 Å². The van der Waals surface area contributed by atoms with E-state index in [1.807, 2.05) is 30.3 Å². The number of benzene rings is 1. The summed E-state index contributed by atoms with van der Waals surface area (Å²) in [6.07, 6.45) is 0.170. The summed E-state index contributed by atoms with van der Waals surface area (Å²) in [6.45, 7) is 9.69. The van der Waals surface area contributed by atoms with Gasteiger partial charge in [-0.3, -0.25) is 14.1 Å². The Bertz CT molecular complexity index is 595. The minimum absolute atomic E-state index is 0.170. The lowest BCUT2D eigenvalue weighted by molar-refractivity contribution is -0.0284. The first-order valence-corrected chi connectivity index (χ1v) is 11.2. The minimum Gasteiger partial charge on any atom is -0.374 e. The number of ether oxygens (including phenoxy) is 1. The first-order chi connectivity index (χ1) is 13.1. The molecule has 0 amide bonds. The smallest absolute Gasteiger partial charge is 0.191 e. The molecule has 2 N–H and O–H groups in total. The van der Waals surface area contributed by atoms with Gasteiger partial charge in [0.1, 0.15) is 0 Å². The number of hydrogen-bond donors (Lipinski definition) is 2. The maximum atomic E-state index is 12.2. The second-order valence-corrected chi connectivity index (χ2v) is 8.88. The van der Waals surface area contributed by atoms with Crippen molar-refractivity contribution in [2.45, 2.75) is 25.7 Å². The highest BCUT2D eigenvalue weighted by Gasteiger charge is 2.21. The van der Waals surface area contributed by atoms with Gasteiger partial charge in [-0.1, -0.05) is 44.2 Å². The molecule has 1 fully saturated rings. The summed E-state index contributed by atoms with van der Waals surface area (Å²) in [5.41, 5.74) is 1.11. The van der Waals surface area contributed by atoms with E-state index in [0.717, 1.165) is 44.3 Å². The monoisotopic (exact) mass is 394 g/mol. The zero-order valence-electron chi connectivity index (χ0n) is 16.8. The van der Waals surface area contributed by atoms with Gasteiger partial charge < -0.3 is 15.4 Å². The van der Waals surface area contributed by atoms with Crippen LogP contribution in [0.5, 0.6) is 0 Å². The normalized spacial score (nSPS) is 19.9. The Kier molecular flexibility index (Phi) is 9.80. The van der Waals surface area contributed by atoms with Gasteiger partial charge in [0.15, 0.2) is 5.96 Å². The molecule has 0 aromatic heterocycles. The van der Waals surface area contributed by atoms with E-state index in [2.05, 4.69) is 34.4 Å². The molecule has 27 heavy (non-hydrogen) atoms. The van der Waals surface area contributed by atoms with Crippen molar-refractivity contribution in [3.63, 3.8) is 0 Å². The Morgan fingerprint density at radius 2 is 2.11 bits per heavy atom. The van der Waals surface area contributed by atoms with E-state index in [1.165, 1.54) is 0 Å². The SMILES string of the molecule is CN=C(NCCS(=O)Cc1ccccc1)NCC1CN(CC(C)C)CCO1. The van der Waals surface area contributed by atoms with Crippen LogP contribution in [-0.4, -0.2) is 73.3 Å². The number of morpholine rings is 1. The summed E-state index contributed by atoms with van der Waals surface area (Å²) in [7, 11) is 0.868.